The molecule has 2 atom stereocenters. The lowest BCUT2D eigenvalue weighted by atomic mass is 9.73. The van der Waals surface area contributed by atoms with Gasteiger partial charge < -0.3 is 15.2 Å². The fourth-order valence-electron chi connectivity index (χ4n) is 4.00. The van der Waals surface area contributed by atoms with Crippen molar-refractivity contribution in [2.24, 2.45) is 5.73 Å². The molecule has 0 fully saturated rings. The van der Waals surface area contributed by atoms with Gasteiger partial charge in [0.15, 0.2) is 5.78 Å². The van der Waals surface area contributed by atoms with Crippen molar-refractivity contribution in [2.75, 3.05) is 7.11 Å². The summed E-state index contributed by atoms with van der Waals surface area (Å²) in [6, 6.07) is 19.4. The average molecular weight is 372 g/mol. The van der Waals surface area contributed by atoms with Gasteiger partial charge in [0.2, 0.25) is 5.88 Å². The standard InChI is InChI=1S/C23H20N2O3/c1-27-17-9-7-15(8-10-17)21-18(13-24)23(25)28-20-12-16(11-19(26)22(20)21)14-5-3-2-4-6-14/h2-10,16,21H,11-12,25H2,1H3. The Morgan fingerprint density at radius 1 is 1.07 bits per heavy atom. The molecular formula is C23H20N2O3. The number of methoxy groups -OCH3 is 1. The van der Waals surface area contributed by atoms with Crippen molar-refractivity contribution < 1.29 is 14.3 Å². The molecule has 0 amide bonds. The molecule has 2 aromatic carbocycles. The van der Waals surface area contributed by atoms with Gasteiger partial charge in [0, 0.05) is 18.4 Å². The molecule has 1 aliphatic heterocycles. The van der Waals surface area contributed by atoms with E-state index in [1.807, 2.05) is 54.6 Å². The second-order valence-corrected chi connectivity index (χ2v) is 6.97. The summed E-state index contributed by atoms with van der Waals surface area (Å²) >= 11 is 0. The van der Waals surface area contributed by atoms with Gasteiger partial charge in [-0.05, 0) is 29.2 Å². The molecule has 1 aliphatic carbocycles. The molecule has 0 aromatic heterocycles. The first-order chi connectivity index (χ1) is 13.6. The third-order valence-electron chi connectivity index (χ3n) is 5.38. The van der Waals surface area contributed by atoms with Gasteiger partial charge in [-0.15, -0.1) is 0 Å². The van der Waals surface area contributed by atoms with E-state index in [-0.39, 0.29) is 23.2 Å². The Morgan fingerprint density at radius 2 is 1.79 bits per heavy atom. The molecule has 0 saturated carbocycles. The van der Waals surface area contributed by atoms with Gasteiger partial charge in [0.1, 0.15) is 23.2 Å². The Hall–Kier alpha value is -3.52. The van der Waals surface area contributed by atoms with Crippen LogP contribution in [0.3, 0.4) is 0 Å². The molecule has 5 heteroatoms. The minimum absolute atomic E-state index is 0.00355. The zero-order valence-corrected chi connectivity index (χ0v) is 15.5. The van der Waals surface area contributed by atoms with Crippen molar-refractivity contribution in [3.8, 4) is 11.8 Å². The number of ether oxygens (including phenoxy) is 2. The van der Waals surface area contributed by atoms with Crippen LogP contribution in [0.25, 0.3) is 0 Å². The number of hydrogen-bond acceptors (Lipinski definition) is 5. The van der Waals surface area contributed by atoms with Crippen LogP contribution in [0.1, 0.15) is 35.8 Å². The number of ketones is 1. The van der Waals surface area contributed by atoms with Crippen LogP contribution in [0.5, 0.6) is 5.75 Å². The highest BCUT2D eigenvalue weighted by Crippen LogP contribution is 2.46. The Kier molecular flexibility index (Phi) is 4.62. The zero-order chi connectivity index (χ0) is 19.7. The quantitative estimate of drug-likeness (QED) is 0.883. The predicted molar refractivity (Wildman–Crippen MR) is 104 cm³/mol. The molecule has 0 spiro atoms. The van der Waals surface area contributed by atoms with Gasteiger partial charge in [-0.25, -0.2) is 0 Å². The van der Waals surface area contributed by atoms with Gasteiger partial charge in [0.05, 0.1) is 13.0 Å². The highest BCUT2D eigenvalue weighted by atomic mass is 16.5. The SMILES string of the molecule is COc1ccc(C2C(C#N)=C(N)OC3=C2C(=O)CC(c2ccccc2)C3)cc1. The highest BCUT2D eigenvalue weighted by Gasteiger charge is 2.40. The monoisotopic (exact) mass is 372 g/mol. The molecule has 4 rings (SSSR count). The topological polar surface area (TPSA) is 85.3 Å². The lowest BCUT2D eigenvalue weighted by Gasteiger charge is -2.34. The van der Waals surface area contributed by atoms with Gasteiger partial charge in [-0.1, -0.05) is 42.5 Å². The highest BCUT2D eigenvalue weighted by molar-refractivity contribution is 6.00. The molecular weight excluding hydrogens is 352 g/mol. The Morgan fingerprint density at radius 3 is 2.43 bits per heavy atom. The molecule has 5 nitrogen and oxygen atoms in total. The number of benzene rings is 2. The molecule has 2 aliphatic rings. The molecule has 140 valence electrons. The largest absolute Gasteiger partial charge is 0.497 e. The smallest absolute Gasteiger partial charge is 0.205 e. The van der Waals surface area contributed by atoms with E-state index in [1.165, 1.54) is 0 Å². The summed E-state index contributed by atoms with van der Waals surface area (Å²) in [6.45, 7) is 0. The van der Waals surface area contributed by atoms with Crippen LogP contribution in [-0.2, 0) is 9.53 Å². The second kappa shape index (κ2) is 7.24. The summed E-state index contributed by atoms with van der Waals surface area (Å²) in [5.41, 5.74) is 8.81. The van der Waals surface area contributed by atoms with E-state index < -0.39 is 5.92 Å². The van der Waals surface area contributed by atoms with Gasteiger partial charge >= 0.3 is 0 Å². The molecule has 0 saturated heterocycles. The van der Waals surface area contributed by atoms with E-state index in [1.54, 1.807) is 7.11 Å². The minimum atomic E-state index is -0.510. The second-order valence-electron chi connectivity index (χ2n) is 6.97. The number of nitrogens with two attached hydrogens (primary N) is 1. The van der Waals surface area contributed by atoms with Crippen LogP contribution in [0.4, 0.5) is 0 Å². The van der Waals surface area contributed by atoms with Crippen molar-refractivity contribution in [3.05, 3.63) is 88.5 Å². The van der Waals surface area contributed by atoms with E-state index in [0.29, 0.717) is 29.9 Å². The van der Waals surface area contributed by atoms with Crippen LogP contribution in [0.2, 0.25) is 0 Å². The van der Waals surface area contributed by atoms with Crippen molar-refractivity contribution in [1.29, 1.82) is 5.26 Å². The van der Waals surface area contributed by atoms with Crippen LogP contribution in [0, 0.1) is 11.3 Å². The third kappa shape index (κ3) is 3.03. The van der Waals surface area contributed by atoms with Crippen LogP contribution in [0.15, 0.2) is 77.4 Å². The lowest BCUT2D eigenvalue weighted by Crippen LogP contribution is -2.29. The predicted octanol–water partition coefficient (Wildman–Crippen LogP) is 3.90. The van der Waals surface area contributed by atoms with Gasteiger partial charge in [-0.2, -0.15) is 5.26 Å². The zero-order valence-electron chi connectivity index (χ0n) is 15.5. The average Bonchev–Trinajstić information content (AvgIpc) is 2.73. The van der Waals surface area contributed by atoms with Crippen molar-refractivity contribution in [3.63, 3.8) is 0 Å². The number of nitriles is 1. The number of allylic oxidation sites excluding steroid dienone is 3. The lowest BCUT2D eigenvalue weighted by molar-refractivity contribution is -0.117. The molecule has 2 N–H and O–H groups in total. The van der Waals surface area contributed by atoms with E-state index in [4.69, 9.17) is 15.2 Å². The van der Waals surface area contributed by atoms with E-state index in [2.05, 4.69) is 6.07 Å². The summed E-state index contributed by atoms with van der Waals surface area (Å²) < 4.78 is 11.0. The van der Waals surface area contributed by atoms with E-state index in [9.17, 15) is 10.1 Å². The molecule has 28 heavy (non-hydrogen) atoms. The molecule has 2 unspecified atom stereocenters. The molecule has 1 heterocycles. The summed E-state index contributed by atoms with van der Waals surface area (Å²) in [5.74, 6) is 0.881. The Balaban J connectivity index is 1.77. The Labute approximate surface area is 163 Å². The van der Waals surface area contributed by atoms with Gasteiger partial charge in [0.25, 0.3) is 0 Å². The minimum Gasteiger partial charge on any atom is -0.497 e. The molecule has 0 bridgehead atoms. The maximum absolute atomic E-state index is 13.2. The number of nitrogens with zero attached hydrogens (tertiary/aromatic N) is 1. The van der Waals surface area contributed by atoms with Crippen molar-refractivity contribution >= 4 is 5.78 Å². The first-order valence-electron chi connectivity index (χ1n) is 9.15. The Bertz CT molecular complexity index is 1010. The van der Waals surface area contributed by atoms with Crippen molar-refractivity contribution in [2.45, 2.75) is 24.7 Å². The molecule has 2 aromatic rings. The summed E-state index contributed by atoms with van der Waals surface area (Å²) in [6.07, 6.45) is 0.967. The maximum atomic E-state index is 13.2. The van der Waals surface area contributed by atoms with Gasteiger partial charge in [-0.3, -0.25) is 4.79 Å². The maximum Gasteiger partial charge on any atom is 0.205 e. The first-order valence-corrected chi connectivity index (χ1v) is 9.15. The van der Waals surface area contributed by atoms with Crippen molar-refractivity contribution in [1.82, 2.24) is 0 Å². The summed E-state index contributed by atoms with van der Waals surface area (Å²) in [4.78, 5) is 13.2. The number of carbonyl (C=O) groups is 1. The summed E-state index contributed by atoms with van der Waals surface area (Å²) in [5, 5.41) is 9.67. The number of carbonyl (C=O) groups excluding carboxylic acids is 1. The summed E-state index contributed by atoms with van der Waals surface area (Å²) in [7, 11) is 1.59. The van der Waals surface area contributed by atoms with Crippen LogP contribution < -0.4 is 10.5 Å². The fraction of sp³-hybridized carbons (Fsp3) is 0.217. The first kappa shape index (κ1) is 17.9. The van der Waals surface area contributed by atoms with Crippen LogP contribution >= 0.6 is 0 Å². The fourth-order valence-corrected chi connectivity index (χ4v) is 4.00. The van der Waals surface area contributed by atoms with E-state index >= 15 is 0 Å². The normalized spacial score (nSPS) is 21.6. The number of Topliss-reactive ketones (excluding diaryl/α,β-unsaturated/α-hetero) is 1. The number of rotatable bonds is 3. The molecule has 0 radical (unpaired) electrons. The van der Waals surface area contributed by atoms with Crippen LogP contribution in [-0.4, -0.2) is 12.9 Å². The van der Waals surface area contributed by atoms with E-state index in [0.717, 1.165) is 11.1 Å². The third-order valence-corrected chi connectivity index (χ3v) is 5.38. The number of hydrogen-bond donors (Lipinski definition) is 1.